The van der Waals surface area contributed by atoms with E-state index < -0.39 is 5.97 Å². The number of fused-ring (bicyclic) bond motifs is 1. The van der Waals surface area contributed by atoms with E-state index in [0.717, 1.165) is 0 Å². The van der Waals surface area contributed by atoms with Crippen molar-refractivity contribution < 1.29 is 9.90 Å². The Hall–Kier alpha value is -2.11. The molecule has 0 unspecified atom stereocenters. The van der Waals surface area contributed by atoms with Crippen LogP contribution < -0.4 is 5.56 Å². The van der Waals surface area contributed by atoms with Crippen molar-refractivity contribution in [3.63, 3.8) is 0 Å². The van der Waals surface area contributed by atoms with Crippen molar-refractivity contribution in [2.24, 2.45) is 0 Å². The van der Waals surface area contributed by atoms with Gasteiger partial charge in [-0.1, -0.05) is 0 Å². The fourth-order valence-electron chi connectivity index (χ4n) is 1.53. The lowest BCUT2D eigenvalue weighted by atomic mass is 10.2. The monoisotopic (exact) mass is 221 g/mol. The van der Waals surface area contributed by atoms with Gasteiger partial charge < -0.3 is 15.1 Å². The lowest BCUT2D eigenvalue weighted by molar-refractivity contribution is -0.137. The molecular weight excluding hydrogens is 210 g/mol. The first kappa shape index (κ1) is 10.4. The zero-order valence-corrected chi connectivity index (χ0v) is 8.49. The molecule has 3 N–H and O–H groups in total. The van der Waals surface area contributed by atoms with E-state index in [-0.39, 0.29) is 12.0 Å². The Bertz CT molecular complexity index is 570. The lowest BCUT2D eigenvalue weighted by Gasteiger charge is -1.92. The van der Waals surface area contributed by atoms with Crippen LogP contribution in [0, 0.1) is 0 Å². The number of imidazole rings is 1. The second kappa shape index (κ2) is 4.18. The average Bonchev–Trinajstić information content (AvgIpc) is 2.61. The predicted octanol–water partition coefficient (Wildman–Crippen LogP) is 0.658. The fraction of sp³-hybridized carbons (Fsp3) is 0.300. The van der Waals surface area contributed by atoms with E-state index in [1.807, 2.05) is 0 Å². The minimum Gasteiger partial charge on any atom is -0.481 e. The standard InChI is InChI=1S/C10H11N3O3/c14-8(15)3-1-2-7-12-6-4-5-11-10(16)9(6)13-7/h4-5H,1-3H2,(H,11,16)(H,12,13)(H,14,15). The summed E-state index contributed by atoms with van der Waals surface area (Å²) < 4.78 is 0. The van der Waals surface area contributed by atoms with Crippen LogP contribution in [-0.2, 0) is 11.2 Å². The SMILES string of the molecule is O=C(O)CCCc1nc2c(=O)[nH]ccc2[nH]1. The highest BCUT2D eigenvalue weighted by Gasteiger charge is 2.06. The number of H-pyrrole nitrogens is 2. The third-order valence-electron chi connectivity index (χ3n) is 2.26. The lowest BCUT2D eigenvalue weighted by Crippen LogP contribution is -2.04. The summed E-state index contributed by atoms with van der Waals surface area (Å²) in [5.41, 5.74) is 0.806. The van der Waals surface area contributed by atoms with Gasteiger partial charge >= 0.3 is 5.97 Å². The molecule has 0 spiro atoms. The number of carboxylic acids is 1. The van der Waals surface area contributed by atoms with Gasteiger partial charge in [0.05, 0.1) is 5.52 Å². The summed E-state index contributed by atoms with van der Waals surface area (Å²) in [6, 6.07) is 1.73. The van der Waals surface area contributed by atoms with Gasteiger partial charge in [0.15, 0.2) is 5.52 Å². The number of aromatic nitrogens is 3. The van der Waals surface area contributed by atoms with Crippen LogP contribution in [0.2, 0.25) is 0 Å². The molecule has 6 nitrogen and oxygen atoms in total. The second-order valence-corrected chi connectivity index (χ2v) is 3.50. The minimum atomic E-state index is -0.825. The molecule has 0 aliphatic carbocycles. The van der Waals surface area contributed by atoms with Gasteiger partial charge in [-0.25, -0.2) is 4.98 Å². The number of pyridine rings is 1. The zero-order valence-electron chi connectivity index (χ0n) is 8.49. The predicted molar refractivity (Wildman–Crippen MR) is 57.3 cm³/mol. The molecule has 0 aliphatic heterocycles. The summed E-state index contributed by atoms with van der Waals surface area (Å²) in [6.07, 6.45) is 2.69. The maximum atomic E-state index is 11.3. The summed E-state index contributed by atoms with van der Waals surface area (Å²) in [7, 11) is 0. The number of hydrogen-bond acceptors (Lipinski definition) is 3. The molecular formula is C10H11N3O3. The largest absolute Gasteiger partial charge is 0.481 e. The molecule has 0 saturated carbocycles. The zero-order chi connectivity index (χ0) is 11.5. The Kier molecular flexibility index (Phi) is 2.72. The quantitative estimate of drug-likeness (QED) is 0.706. The highest BCUT2D eigenvalue weighted by Crippen LogP contribution is 2.07. The Morgan fingerprint density at radius 1 is 1.50 bits per heavy atom. The molecule has 0 aromatic carbocycles. The van der Waals surface area contributed by atoms with Crippen LogP contribution in [0.4, 0.5) is 0 Å². The van der Waals surface area contributed by atoms with Gasteiger partial charge in [-0.2, -0.15) is 0 Å². The van der Waals surface area contributed by atoms with Gasteiger partial charge in [0, 0.05) is 19.0 Å². The van der Waals surface area contributed by atoms with E-state index in [9.17, 15) is 9.59 Å². The van der Waals surface area contributed by atoms with Gasteiger partial charge in [-0.15, -0.1) is 0 Å². The molecule has 16 heavy (non-hydrogen) atoms. The maximum absolute atomic E-state index is 11.3. The fourth-order valence-corrected chi connectivity index (χ4v) is 1.53. The number of rotatable bonds is 4. The van der Waals surface area contributed by atoms with Crippen LogP contribution in [0.3, 0.4) is 0 Å². The Morgan fingerprint density at radius 3 is 3.00 bits per heavy atom. The summed E-state index contributed by atoms with van der Waals surface area (Å²) in [5.74, 6) is -0.179. The van der Waals surface area contributed by atoms with Crippen LogP contribution in [-0.4, -0.2) is 26.0 Å². The van der Waals surface area contributed by atoms with Crippen molar-refractivity contribution in [2.75, 3.05) is 0 Å². The minimum absolute atomic E-state index is 0.105. The van der Waals surface area contributed by atoms with Crippen molar-refractivity contribution >= 4 is 17.0 Å². The number of nitrogens with zero attached hydrogens (tertiary/aromatic N) is 1. The summed E-state index contributed by atoms with van der Waals surface area (Å²) >= 11 is 0. The first-order valence-corrected chi connectivity index (χ1v) is 4.95. The van der Waals surface area contributed by atoms with E-state index >= 15 is 0 Å². The van der Waals surface area contributed by atoms with E-state index in [1.165, 1.54) is 0 Å². The topological polar surface area (TPSA) is 98.8 Å². The molecule has 84 valence electrons. The van der Waals surface area contributed by atoms with Crippen molar-refractivity contribution in [1.29, 1.82) is 0 Å². The molecule has 0 amide bonds. The van der Waals surface area contributed by atoms with Crippen molar-refractivity contribution in [3.05, 3.63) is 28.4 Å². The molecule has 0 atom stereocenters. The second-order valence-electron chi connectivity index (χ2n) is 3.50. The number of carboxylic acid groups (broad SMARTS) is 1. The van der Waals surface area contributed by atoms with Gasteiger partial charge in [-0.05, 0) is 12.5 Å². The summed E-state index contributed by atoms with van der Waals surface area (Å²) in [4.78, 5) is 31.3. The number of aryl methyl sites for hydroxylation is 1. The Balaban J connectivity index is 2.17. The van der Waals surface area contributed by atoms with Gasteiger partial charge in [0.25, 0.3) is 5.56 Å². The first-order valence-electron chi connectivity index (χ1n) is 4.95. The van der Waals surface area contributed by atoms with E-state index in [1.54, 1.807) is 12.3 Å². The molecule has 2 aromatic heterocycles. The molecule has 2 aromatic rings. The van der Waals surface area contributed by atoms with Gasteiger partial charge in [0.2, 0.25) is 0 Å². The van der Waals surface area contributed by atoms with Crippen LogP contribution >= 0.6 is 0 Å². The highest BCUT2D eigenvalue weighted by molar-refractivity contribution is 5.73. The third-order valence-corrected chi connectivity index (χ3v) is 2.26. The van der Waals surface area contributed by atoms with E-state index in [0.29, 0.717) is 29.7 Å². The molecule has 0 radical (unpaired) electrons. The van der Waals surface area contributed by atoms with Crippen LogP contribution in [0.25, 0.3) is 11.0 Å². The smallest absolute Gasteiger partial charge is 0.303 e. The molecule has 2 rings (SSSR count). The molecule has 6 heteroatoms. The number of nitrogens with one attached hydrogen (secondary N) is 2. The van der Waals surface area contributed by atoms with E-state index in [2.05, 4.69) is 15.0 Å². The number of carbonyl (C=O) groups is 1. The van der Waals surface area contributed by atoms with Crippen LogP contribution in [0.1, 0.15) is 18.7 Å². The first-order chi connectivity index (χ1) is 7.66. The van der Waals surface area contributed by atoms with Crippen molar-refractivity contribution in [3.8, 4) is 0 Å². The maximum Gasteiger partial charge on any atom is 0.303 e. The van der Waals surface area contributed by atoms with Gasteiger partial charge in [-0.3, -0.25) is 9.59 Å². The summed E-state index contributed by atoms with van der Waals surface area (Å²) in [6.45, 7) is 0. The molecule has 0 aliphatic rings. The Morgan fingerprint density at radius 2 is 2.31 bits per heavy atom. The Labute approximate surface area is 90.3 Å². The molecule has 0 bridgehead atoms. The van der Waals surface area contributed by atoms with Gasteiger partial charge in [0.1, 0.15) is 5.82 Å². The molecule has 0 fully saturated rings. The molecule has 2 heterocycles. The summed E-state index contributed by atoms with van der Waals surface area (Å²) in [5, 5.41) is 8.49. The normalized spacial score (nSPS) is 10.8. The van der Waals surface area contributed by atoms with Crippen molar-refractivity contribution in [2.45, 2.75) is 19.3 Å². The van der Waals surface area contributed by atoms with Crippen LogP contribution in [0.15, 0.2) is 17.1 Å². The van der Waals surface area contributed by atoms with E-state index in [4.69, 9.17) is 5.11 Å². The number of aliphatic carboxylic acids is 1. The number of aromatic amines is 2. The average molecular weight is 221 g/mol. The van der Waals surface area contributed by atoms with Crippen LogP contribution in [0.5, 0.6) is 0 Å². The number of hydrogen-bond donors (Lipinski definition) is 3. The molecule has 0 saturated heterocycles. The van der Waals surface area contributed by atoms with Crippen molar-refractivity contribution in [1.82, 2.24) is 15.0 Å². The third kappa shape index (κ3) is 2.10. The highest BCUT2D eigenvalue weighted by atomic mass is 16.4.